The first-order valence-electron chi connectivity index (χ1n) is 10.4. The first-order valence-corrected chi connectivity index (χ1v) is 10.4. The van der Waals surface area contributed by atoms with Gasteiger partial charge in [0.05, 0.1) is 0 Å². The van der Waals surface area contributed by atoms with Crippen molar-refractivity contribution in [3.8, 4) is 0 Å². The Morgan fingerprint density at radius 1 is 0.778 bits per heavy atom. The van der Waals surface area contributed by atoms with Crippen LogP contribution in [0.5, 0.6) is 0 Å². The van der Waals surface area contributed by atoms with Gasteiger partial charge in [-0.15, -0.1) is 0 Å². The smallest absolute Gasteiger partial charge is 0.227 e. The fraction of sp³-hybridized carbons (Fsp3) is 0.545. The maximum Gasteiger partial charge on any atom is 0.227 e. The molecule has 0 spiro atoms. The van der Waals surface area contributed by atoms with Crippen molar-refractivity contribution in [2.24, 2.45) is 0 Å². The van der Waals surface area contributed by atoms with Crippen LogP contribution in [0.25, 0.3) is 0 Å². The van der Waals surface area contributed by atoms with Crippen molar-refractivity contribution in [2.45, 2.75) is 39.2 Å². The monoisotopic (exact) mass is 365 g/mol. The fourth-order valence-corrected chi connectivity index (χ4v) is 4.09. The number of nitrogens with zero attached hydrogens (tertiary/aromatic N) is 5. The van der Waals surface area contributed by atoms with Crippen LogP contribution in [0.2, 0.25) is 0 Å². The van der Waals surface area contributed by atoms with E-state index in [1.54, 1.807) is 0 Å². The van der Waals surface area contributed by atoms with Crippen LogP contribution >= 0.6 is 0 Å². The zero-order valence-electron chi connectivity index (χ0n) is 16.5. The van der Waals surface area contributed by atoms with Gasteiger partial charge in [-0.1, -0.05) is 43.2 Å². The second-order valence-corrected chi connectivity index (χ2v) is 7.82. The van der Waals surface area contributed by atoms with E-state index in [1.807, 2.05) is 0 Å². The Kier molecular flexibility index (Phi) is 5.87. The van der Waals surface area contributed by atoms with Crippen LogP contribution in [0, 0.1) is 6.92 Å². The molecule has 0 N–H and O–H groups in total. The van der Waals surface area contributed by atoms with Crippen LogP contribution in [0.3, 0.4) is 0 Å². The van der Waals surface area contributed by atoms with E-state index < -0.39 is 0 Å². The first-order chi connectivity index (χ1) is 13.3. The lowest BCUT2D eigenvalue weighted by Gasteiger charge is -2.36. The van der Waals surface area contributed by atoms with Crippen molar-refractivity contribution in [1.29, 1.82) is 0 Å². The van der Waals surface area contributed by atoms with Crippen molar-refractivity contribution in [1.82, 2.24) is 14.9 Å². The van der Waals surface area contributed by atoms with E-state index in [2.05, 4.69) is 58.0 Å². The molecule has 1 aromatic carbocycles. The van der Waals surface area contributed by atoms with Crippen LogP contribution in [-0.2, 0) is 6.54 Å². The highest BCUT2D eigenvalue weighted by molar-refractivity contribution is 5.46. The second-order valence-electron chi connectivity index (χ2n) is 7.82. The summed E-state index contributed by atoms with van der Waals surface area (Å²) in [4.78, 5) is 17.0. The van der Waals surface area contributed by atoms with E-state index in [0.29, 0.717) is 0 Å². The zero-order valence-corrected chi connectivity index (χ0v) is 16.5. The van der Waals surface area contributed by atoms with Gasteiger partial charge in [0.2, 0.25) is 5.95 Å². The van der Waals surface area contributed by atoms with Crippen molar-refractivity contribution >= 4 is 11.8 Å². The summed E-state index contributed by atoms with van der Waals surface area (Å²) in [5.74, 6) is 2.03. The Balaban J connectivity index is 1.40. The molecule has 27 heavy (non-hydrogen) atoms. The van der Waals surface area contributed by atoms with Crippen LogP contribution in [-0.4, -0.2) is 54.1 Å². The maximum atomic E-state index is 4.95. The number of anilines is 2. The van der Waals surface area contributed by atoms with E-state index in [4.69, 9.17) is 9.97 Å². The summed E-state index contributed by atoms with van der Waals surface area (Å²) in [6.07, 6.45) is 5.17. The third-order valence-electron chi connectivity index (χ3n) is 5.66. The van der Waals surface area contributed by atoms with E-state index in [0.717, 1.165) is 63.3 Å². The topological polar surface area (TPSA) is 35.5 Å². The van der Waals surface area contributed by atoms with E-state index in [9.17, 15) is 0 Å². The number of rotatable bonds is 4. The second kappa shape index (κ2) is 8.70. The van der Waals surface area contributed by atoms with Gasteiger partial charge in [-0.3, -0.25) is 4.90 Å². The summed E-state index contributed by atoms with van der Waals surface area (Å²) in [5.41, 5.74) is 2.47. The predicted octanol–water partition coefficient (Wildman–Crippen LogP) is 3.49. The number of aromatic nitrogens is 2. The summed E-state index contributed by atoms with van der Waals surface area (Å²) in [7, 11) is 0. The average molecular weight is 366 g/mol. The minimum absolute atomic E-state index is 0.929. The van der Waals surface area contributed by atoms with Gasteiger partial charge in [0, 0.05) is 57.6 Å². The molecular weight excluding hydrogens is 334 g/mol. The summed E-state index contributed by atoms with van der Waals surface area (Å²) in [6, 6.07) is 12.9. The van der Waals surface area contributed by atoms with Gasteiger partial charge in [-0.05, 0) is 25.3 Å². The Labute approximate surface area is 163 Å². The van der Waals surface area contributed by atoms with Gasteiger partial charge < -0.3 is 9.80 Å². The average Bonchev–Trinajstić information content (AvgIpc) is 2.98. The number of piperazine rings is 1. The lowest BCUT2D eigenvalue weighted by molar-refractivity contribution is 0.249. The molecule has 2 aliphatic heterocycles. The number of hydrogen-bond acceptors (Lipinski definition) is 5. The molecule has 0 radical (unpaired) electrons. The summed E-state index contributed by atoms with van der Waals surface area (Å²) < 4.78 is 0. The van der Waals surface area contributed by atoms with Crippen LogP contribution in [0.4, 0.5) is 11.8 Å². The molecule has 0 unspecified atom stereocenters. The third kappa shape index (κ3) is 4.78. The molecular formula is C22H31N5. The number of aryl methyl sites for hydroxylation is 1. The molecule has 5 nitrogen and oxygen atoms in total. The molecule has 0 amide bonds. The standard InChI is InChI=1S/C22H31N5/c1-19-17-21(24-22(23-19)27-11-7-2-3-8-12-27)26-15-13-25(14-16-26)18-20-9-5-4-6-10-20/h4-6,9-10,17H,2-3,7-8,11-16,18H2,1H3. The zero-order chi connectivity index (χ0) is 18.5. The Bertz CT molecular complexity index is 717. The lowest BCUT2D eigenvalue weighted by Crippen LogP contribution is -2.46. The predicted molar refractivity (Wildman–Crippen MR) is 111 cm³/mol. The summed E-state index contributed by atoms with van der Waals surface area (Å²) >= 11 is 0. The molecule has 1 aromatic heterocycles. The minimum atomic E-state index is 0.929. The molecule has 2 aliphatic rings. The summed E-state index contributed by atoms with van der Waals surface area (Å²) in [6.45, 7) is 9.54. The molecule has 3 heterocycles. The first kappa shape index (κ1) is 18.2. The third-order valence-corrected chi connectivity index (χ3v) is 5.66. The molecule has 4 rings (SSSR count). The highest BCUT2D eigenvalue weighted by atomic mass is 15.3. The number of hydrogen-bond donors (Lipinski definition) is 0. The fourth-order valence-electron chi connectivity index (χ4n) is 4.09. The van der Waals surface area contributed by atoms with Gasteiger partial charge in [0.15, 0.2) is 0 Å². The quantitative estimate of drug-likeness (QED) is 0.829. The van der Waals surface area contributed by atoms with Crippen molar-refractivity contribution in [3.05, 3.63) is 47.7 Å². The lowest BCUT2D eigenvalue weighted by atomic mass is 10.2. The molecule has 2 aromatic rings. The molecule has 0 bridgehead atoms. The molecule has 2 fully saturated rings. The van der Waals surface area contributed by atoms with Gasteiger partial charge in [0.1, 0.15) is 5.82 Å². The molecule has 144 valence electrons. The highest BCUT2D eigenvalue weighted by Crippen LogP contribution is 2.22. The van der Waals surface area contributed by atoms with E-state index in [1.165, 1.54) is 31.2 Å². The highest BCUT2D eigenvalue weighted by Gasteiger charge is 2.20. The van der Waals surface area contributed by atoms with Crippen LogP contribution < -0.4 is 9.80 Å². The minimum Gasteiger partial charge on any atom is -0.354 e. The number of benzene rings is 1. The van der Waals surface area contributed by atoms with Gasteiger partial charge in [-0.25, -0.2) is 4.98 Å². The Morgan fingerprint density at radius 3 is 2.19 bits per heavy atom. The van der Waals surface area contributed by atoms with Gasteiger partial charge >= 0.3 is 0 Å². The molecule has 0 saturated carbocycles. The van der Waals surface area contributed by atoms with Crippen molar-refractivity contribution in [2.75, 3.05) is 49.1 Å². The largest absolute Gasteiger partial charge is 0.354 e. The van der Waals surface area contributed by atoms with Gasteiger partial charge in [-0.2, -0.15) is 4.98 Å². The van der Waals surface area contributed by atoms with Crippen LogP contribution in [0.1, 0.15) is 36.9 Å². The normalized spacial score (nSPS) is 19.1. The molecule has 0 atom stereocenters. The van der Waals surface area contributed by atoms with E-state index >= 15 is 0 Å². The molecule has 2 saturated heterocycles. The molecule has 5 heteroatoms. The molecule has 0 aliphatic carbocycles. The van der Waals surface area contributed by atoms with Crippen LogP contribution in [0.15, 0.2) is 36.4 Å². The maximum absolute atomic E-state index is 4.95. The van der Waals surface area contributed by atoms with Gasteiger partial charge in [0.25, 0.3) is 0 Å². The SMILES string of the molecule is Cc1cc(N2CCN(Cc3ccccc3)CC2)nc(N2CCCCCC2)n1. The van der Waals surface area contributed by atoms with E-state index in [-0.39, 0.29) is 0 Å². The van der Waals surface area contributed by atoms with Crippen molar-refractivity contribution in [3.63, 3.8) is 0 Å². The Morgan fingerprint density at radius 2 is 1.48 bits per heavy atom. The summed E-state index contributed by atoms with van der Waals surface area (Å²) in [5, 5.41) is 0. The Hall–Kier alpha value is -2.14. The van der Waals surface area contributed by atoms with Crippen molar-refractivity contribution < 1.29 is 0 Å².